The molecule has 0 aliphatic heterocycles. The number of hydrogen-bond donors (Lipinski definition) is 1. The second-order valence-corrected chi connectivity index (χ2v) is 7.58. The molecule has 5 nitrogen and oxygen atoms in total. The first-order valence-electron chi connectivity index (χ1n) is 10.7. The molecule has 31 heavy (non-hydrogen) atoms. The SMILES string of the molecule is O=C(NCc1cccc(OCCOc2ccc(Oc3ccccc3)cc2)c1)C1CCC1. The van der Waals surface area contributed by atoms with Crippen molar-refractivity contribution < 1.29 is 19.0 Å². The molecular weight excluding hydrogens is 390 g/mol. The molecule has 0 unspecified atom stereocenters. The van der Waals surface area contributed by atoms with Crippen molar-refractivity contribution in [1.82, 2.24) is 5.32 Å². The molecule has 0 heterocycles. The van der Waals surface area contributed by atoms with Gasteiger partial charge in [0.1, 0.15) is 36.2 Å². The number of benzene rings is 3. The molecule has 160 valence electrons. The van der Waals surface area contributed by atoms with Gasteiger partial charge >= 0.3 is 0 Å². The van der Waals surface area contributed by atoms with Gasteiger partial charge in [0.15, 0.2) is 0 Å². The highest BCUT2D eigenvalue weighted by Gasteiger charge is 2.24. The fourth-order valence-electron chi connectivity index (χ4n) is 3.30. The van der Waals surface area contributed by atoms with Crippen LogP contribution in [0.3, 0.4) is 0 Å². The lowest BCUT2D eigenvalue weighted by Crippen LogP contribution is -2.33. The predicted octanol–water partition coefficient (Wildman–Crippen LogP) is 5.35. The number of ether oxygens (including phenoxy) is 3. The Morgan fingerprint density at radius 3 is 2.13 bits per heavy atom. The third-order valence-electron chi connectivity index (χ3n) is 5.26. The molecule has 3 aromatic rings. The van der Waals surface area contributed by atoms with Gasteiger partial charge in [0, 0.05) is 12.5 Å². The number of carbonyl (C=O) groups is 1. The van der Waals surface area contributed by atoms with E-state index in [-0.39, 0.29) is 11.8 Å². The zero-order valence-electron chi connectivity index (χ0n) is 17.5. The number of carbonyl (C=O) groups excluding carboxylic acids is 1. The maximum absolute atomic E-state index is 12.0. The van der Waals surface area contributed by atoms with Gasteiger partial charge in [0.25, 0.3) is 0 Å². The summed E-state index contributed by atoms with van der Waals surface area (Å²) in [5.41, 5.74) is 1.03. The Kier molecular flexibility index (Phi) is 7.06. The van der Waals surface area contributed by atoms with Gasteiger partial charge in [-0.25, -0.2) is 0 Å². The molecule has 1 N–H and O–H groups in total. The van der Waals surface area contributed by atoms with Crippen LogP contribution in [0, 0.1) is 5.92 Å². The van der Waals surface area contributed by atoms with Crippen molar-refractivity contribution in [1.29, 1.82) is 0 Å². The van der Waals surface area contributed by atoms with Gasteiger partial charge in [-0.2, -0.15) is 0 Å². The Labute approximate surface area is 183 Å². The van der Waals surface area contributed by atoms with E-state index in [1.807, 2.05) is 78.9 Å². The first-order chi connectivity index (χ1) is 15.3. The average Bonchev–Trinajstić information content (AvgIpc) is 2.76. The zero-order chi connectivity index (χ0) is 21.3. The van der Waals surface area contributed by atoms with Crippen molar-refractivity contribution in [2.75, 3.05) is 13.2 Å². The lowest BCUT2D eigenvalue weighted by atomic mass is 9.85. The second-order valence-electron chi connectivity index (χ2n) is 7.58. The first kappa shape index (κ1) is 20.8. The van der Waals surface area contributed by atoms with Crippen LogP contribution >= 0.6 is 0 Å². The van der Waals surface area contributed by atoms with Crippen LogP contribution in [-0.2, 0) is 11.3 Å². The monoisotopic (exact) mass is 417 g/mol. The van der Waals surface area contributed by atoms with Crippen LogP contribution in [0.1, 0.15) is 24.8 Å². The lowest BCUT2D eigenvalue weighted by molar-refractivity contribution is -0.127. The van der Waals surface area contributed by atoms with E-state index >= 15 is 0 Å². The predicted molar refractivity (Wildman–Crippen MR) is 120 cm³/mol. The summed E-state index contributed by atoms with van der Waals surface area (Å²) in [5.74, 6) is 3.45. The number of nitrogens with one attached hydrogen (secondary N) is 1. The topological polar surface area (TPSA) is 56.8 Å². The summed E-state index contributed by atoms with van der Waals surface area (Å²) >= 11 is 0. The quantitative estimate of drug-likeness (QED) is 0.452. The molecule has 1 fully saturated rings. The van der Waals surface area contributed by atoms with Crippen LogP contribution < -0.4 is 19.5 Å². The summed E-state index contributed by atoms with van der Waals surface area (Å²) in [5, 5.41) is 3.01. The minimum atomic E-state index is 0.158. The van der Waals surface area contributed by atoms with E-state index in [2.05, 4.69) is 5.32 Å². The molecule has 0 atom stereocenters. The molecule has 4 rings (SSSR count). The molecule has 0 bridgehead atoms. The van der Waals surface area contributed by atoms with E-state index < -0.39 is 0 Å². The van der Waals surface area contributed by atoms with Gasteiger partial charge in [-0.05, 0) is 66.9 Å². The van der Waals surface area contributed by atoms with Crippen molar-refractivity contribution in [3.8, 4) is 23.0 Å². The minimum absolute atomic E-state index is 0.158. The van der Waals surface area contributed by atoms with E-state index in [0.717, 1.165) is 47.8 Å². The van der Waals surface area contributed by atoms with Crippen LogP contribution in [0.5, 0.6) is 23.0 Å². The van der Waals surface area contributed by atoms with Crippen molar-refractivity contribution in [3.05, 3.63) is 84.4 Å². The van der Waals surface area contributed by atoms with E-state index in [1.54, 1.807) is 0 Å². The van der Waals surface area contributed by atoms with Crippen molar-refractivity contribution in [2.45, 2.75) is 25.8 Å². The lowest BCUT2D eigenvalue weighted by Gasteiger charge is -2.24. The molecule has 0 radical (unpaired) electrons. The highest BCUT2D eigenvalue weighted by Crippen LogP contribution is 2.26. The molecule has 1 amide bonds. The summed E-state index contributed by atoms with van der Waals surface area (Å²) in [7, 11) is 0. The van der Waals surface area contributed by atoms with Crippen LogP contribution in [0.15, 0.2) is 78.9 Å². The molecule has 1 aliphatic rings. The minimum Gasteiger partial charge on any atom is -0.490 e. The number of rotatable bonds is 10. The molecule has 0 aromatic heterocycles. The summed E-state index contributed by atoms with van der Waals surface area (Å²) in [6, 6.07) is 25.0. The highest BCUT2D eigenvalue weighted by atomic mass is 16.5. The maximum Gasteiger partial charge on any atom is 0.223 e. The van der Waals surface area contributed by atoms with Gasteiger partial charge in [-0.1, -0.05) is 36.8 Å². The zero-order valence-corrected chi connectivity index (χ0v) is 17.5. The Balaban J connectivity index is 1.18. The Morgan fingerprint density at radius 2 is 1.42 bits per heavy atom. The molecule has 3 aromatic carbocycles. The van der Waals surface area contributed by atoms with E-state index in [9.17, 15) is 4.79 Å². The summed E-state index contributed by atoms with van der Waals surface area (Å²) in [6.07, 6.45) is 3.19. The normalized spacial score (nSPS) is 13.2. The Morgan fingerprint density at radius 1 is 0.774 bits per heavy atom. The first-order valence-corrected chi connectivity index (χ1v) is 10.7. The summed E-state index contributed by atoms with van der Waals surface area (Å²) in [6.45, 7) is 1.39. The van der Waals surface area contributed by atoms with Crippen molar-refractivity contribution in [2.24, 2.45) is 5.92 Å². The molecule has 0 spiro atoms. The van der Waals surface area contributed by atoms with E-state index in [0.29, 0.717) is 19.8 Å². The fourth-order valence-corrected chi connectivity index (χ4v) is 3.30. The Bertz CT molecular complexity index is 968. The molecular formula is C26H27NO4. The molecule has 0 saturated heterocycles. The smallest absolute Gasteiger partial charge is 0.223 e. The van der Waals surface area contributed by atoms with Gasteiger partial charge in [0.2, 0.25) is 5.91 Å². The maximum atomic E-state index is 12.0. The fraction of sp³-hybridized carbons (Fsp3) is 0.269. The van der Waals surface area contributed by atoms with Gasteiger partial charge in [0.05, 0.1) is 0 Å². The third kappa shape index (κ3) is 6.25. The van der Waals surface area contributed by atoms with Crippen LogP contribution in [0.4, 0.5) is 0 Å². The van der Waals surface area contributed by atoms with Gasteiger partial charge in [-0.15, -0.1) is 0 Å². The van der Waals surface area contributed by atoms with Crippen LogP contribution in [-0.4, -0.2) is 19.1 Å². The molecule has 1 aliphatic carbocycles. The second kappa shape index (κ2) is 10.5. The van der Waals surface area contributed by atoms with E-state index in [1.165, 1.54) is 0 Å². The van der Waals surface area contributed by atoms with Gasteiger partial charge < -0.3 is 19.5 Å². The Hall–Kier alpha value is -3.47. The number of amides is 1. The van der Waals surface area contributed by atoms with Crippen molar-refractivity contribution >= 4 is 5.91 Å². The molecule has 1 saturated carbocycles. The molecule has 5 heteroatoms. The van der Waals surface area contributed by atoms with Crippen LogP contribution in [0.2, 0.25) is 0 Å². The third-order valence-corrected chi connectivity index (χ3v) is 5.26. The highest BCUT2D eigenvalue weighted by molar-refractivity contribution is 5.79. The van der Waals surface area contributed by atoms with Gasteiger partial charge in [-0.3, -0.25) is 4.79 Å². The van der Waals surface area contributed by atoms with E-state index in [4.69, 9.17) is 14.2 Å². The standard InChI is InChI=1S/C26H27NO4/c28-26(21-7-5-8-21)27-19-20-6-4-11-25(18-20)30-17-16-29-22-12-14-24(15-13-22)31-23-9-2-1-3-10-23/h1-4,6,9-15,18,21H,5,7-8,16-17,19H2,(H,27,28). The number of hydrogen-bond acceptors (Lipinski definition) is 4. The van der Waals surface area contributed by atoms with Crippen molar-refractivity contribution in [3.63, 3.8) is 0 Å². The average molecular weight is 418 g/mol. The summed E-state index contributed by atoms with van der Waals surface area (Å²) < 4.78 is 17.3. The summed E-state index contributed by atoms with van der Waals surface area (Å²) in [4.78, 5) is 12.0. The number of para-hydroxylation sites is 1. The largest absolute Gasteiger partial charge is 0.490 e. The van der Waals surface area contributed by atoms with Crippen LogP contribution in [0.25, 0.3) is 0 Å².